The molecule has 0 bridgehead atoms. The van der Waals surface area contributed by atoms with Crippen LogP contribution in [0.25, 0.3) is 0 Å². The monoisotopic (exact) mass is 432 g/mol. The lowest BCUT2D eigenvalue weighted by atomic mass is 9.43. The van der Waals surface area contributed by atoms with Crippen LogP contribution in [0.4, 0.5) is 0 Å². The topological polar surface area (TPSA) is 58.9 Å². The molecule has 176 valence electrons. The smallest absolute Gasteiger partial charge is 0.171 e. The van der Waals surface area contributed by atoms with Crippen molar-refractivity contribution in [3.63, 3.8) is 0 Å². The number of hydrogen-bond acceptors (Lipinski definition) is 4. The van der Waals surface area contributed by atoms with E-state index in [0.717, 1.165) is 45.1 Å². The maximum Gasteiger partial charge on any atom is 0.171 e. The number of hydrogen-bond donors (Lipinski definition) is 2. The Balaban J connectivity index is 1.29. The van der Waals surface area contributed by atoms with Crippen LogP contribution in [0.5, 0.6) is 0 Å². The summed E-state index contributed by atoms with van der Waals surface area (Å²) in [5.41, 5.74) is 0.342. The minimum Gasteiger partial charge on any atom is -0.393 e. The molecular formula is C27H44O4. The van der Waals surface area contributed by atoms with E-state index in [9.17, 15) is 10.2 Å². The van der Waals surface area contributed by atoms with Gasteiger partial charge in [0.25, 0.3) is 0 Å². The summed E-state index contributed by atoms with van der Waals surface area (Å²) in [6, 6.07) is 0. The first-order valence-corrected chi connectivity index (χ1v) is 13.4. The lowest BCUT2D eigenvalue weighted by molar-refractivity contribution is -0.274. The Kier molecular flexibility index (Phi) is 4.78. The third-order valence-electron chi connectivity index (χ3n) is 11.8. The van der Waals surface area contributed by atoms with Crippen molar-refractivity contribution < 1.29 is 19.7 Å². The van der Waals surface area contributed by atoms with E-state index < -0.39 is 0 Å². The van der Waals surface area contributed by atoms with Crippen molar-refractivity contribution in [2.24, 2.45) is 52.3 Å². The highest BCUT2D eigenvalue weighted by Crippen LogP contribution is 2.71. The van der Waals surface area contributed by atoms with Gasteiger partial charge in [-0.1, -0.05) is 27.7 Å². The molecule has 0 radical (unpaired) electrons. The van der Waals surface area contributed by atoms with E-state index in [4.69, 9.17) is 9.47 Å². The number of ether oxygens (including phenoxy) is 2. The van der Waals surface area contributed by atoms with Crippen LogP contribution < -0.4 is 0 Å². The van der Waals surface area contributed by atoms with Crippen molar-refractivity contribution in [1.29, 1.82) is 0 Å². The van der Waals surface area contributed by atoms with Crippen molar-refractivity contribution in [2.45, 2.75) is 110 Å². The summed E-state index contributed by atoms with van der Waals surface area (Å²) in [6.45, 7) is 10.4. The van der Waals surface area contributed by atoms with Gasteiger partial charge in [-0.25, -0.2) is 0 Å². The fraction of sp³-hybridized carbons (Fsp3) is 1.00. The number of aliphatic hydroxyl groups is 2. The Morgan fingerprint density at radius 1 is 0.871 bits per heavy atom. The molecule has 4 saturated carbocycles. The van der Waals surface area contributed by atoms with Crippen molar-refractivity contribution >= 4 is 0 Å². The molecule has 6 aliphatic rings. The Hall–Kier alpha value is -0.160. The van der Waals surface area contributed by atoms with Gasteiger partial charge in [-0.05, 0) is 97.7 Å². The first-order valence-electron chi connectivity index (χ1n) is 13.4. The molecule has 2 heterocycles. The molecule has 4 heteroatoms. The molecule has 0 amide bonds. The average Bonchev–Trinajstić information content (AvgIpc) is 3.15. The highest BCUT2D eigenvalue weighted by molar-refractivity contribution is 5.17. The minimum atomic E-state index is -0.374. The van der Waals surface area contributed by atoms with E-state index >= 15 is 0 Å². The average molecular weight is 433 g/mol. The second kappa shape index (κ2) is 6.93. The zero-order valence-electron chi connectivity index (χ0n) is 20.1. The van der Waals surface area contributed by atoms with Gasteiger partial charge >= 0.3 is 0 Å². The summed E-state index contributed by atoms with van der Waals surface area (Å²) >= 11 is 0. The fourth-order valence-corrected chi connectivity index (χ4v) is 10.4. The van der Waals surface area contributed by atoms with Gasteiger partial charge < -0.3 is 19.7 Å². The van der Waals surface area contributed by atoms with Crippen LogP contribution in [-0.4, -0.2) is 40.9 Å². The SMILES string of the molecule is CC1CC[C@@]2(OC1)O[C@H]1C[C@H]3[C@@H]4CCC5CC(O)CC[C@]5(C)[C@H]4C(O)C[C@]3(C)[C@H]1[C@@H]2C. The van der Waals surface area contributed by atoms with Gasteiger partial charge in [-0.3, -0.25) is 0 Å². The predicted molar refractivity (Wildman–Crippen MR) is 119 cm³/mol. The first kappa shape index (κ1) is 21.4. The van der Waals surface area contributed by atoms with E-state index in [-0.39, 0.29) is 28.8 Å². The summed E-state index contributed by atoms with van der Waals surface area (Å²) in [5, 5.41) is 22.0. The zero-order valence-corrected chi connectivity index (χ0v) is 20.1. The van der Waals surface area contributed by atoms with Gasteiger partial charge in [0.05, 0.1) is 24.9 Å². The van der Waals surface area contributed by atoms with Crippen molar-refractivity contribution in [3.05, 3.63) is 0 Å². The third-order valence-corrected chi connectivity index (χ3v) is 11.8. The summed E-state index contributed by atoms with van der Waals surface area (Å²) in [7, 11) is 0. The first-order chi connectivity index (χ1) is 14.7. The third kappa shape index (κ3) is 2.80. The quantitative estimate of drug-likeness (QED) is 0.579. The van der Waals surface area contributed by atoms with Crippen LogP contribution in [0.3, 0.4) is 0 Å². The van der Waals surface area contributed by atoms with E-state index in [1.165, 1.54) is 19.3 Å². The van der Waals surface area contributed by atoms with Gasteiger partial charge in [0.2, 0.25) is 0 Å². The Labute approximate surface area is 188 Å². The van der Waals surface area contributed by atoms with Gasteiger partial charge in [0.15, 0.2) is 5.79 Å². The van der Waals surface area contributed by atoms with Crippen LogP contribution in [0.15, 0.2) is 0 Å². The molecule has 4 nitrogen and oxygen atoms in total. The van der Waals surface area contributed by atoms with E-state index in [1.54, 1.807) is 0 Å². The molecular weight excluding hydrogens is 388 g/mol. The second-order valence-corrected chi connectivity index (χ2v) is 13.3. The second-order valence-electron chi connectivity index (χ2n) is 13.3. The van der Waals surface area contributed by atoms with Gasteiger partial charge in [-0.15, -0.1) is 0 Å². The maximum absolute atomic E-state index is 11.7. The van der Waals surface area contributed by atoms with Crippen LogP contribution in [0.2, 0.25) is 0 Å². The van der Waals surface area contributed by atoms with Crippen LogP contribution in [0, 0.1) is 52.3 Å². The van der Waals surface area contributed by atoms with Crippen molar-refractivity contribution in [2.75, 3.05) is 6.61 Å². The molecule has 6 fully saturated rings. The lowest BCUT2D eigenvalue weighted by Gasteiger charge is -2.62. The molecule has 0 aromatic carbocycles. The maximum atomic E-state index is 11.7. The Morgan fingerprint density at radius 3 is 2.42 bits per heavy atom. The van der Waals surface area contributed by atoms with Crippen molar-refractivity contribution in [3.8, 4) is 0 Å². The molecule has 13 atom stereocenters. The van der Waals surface area contributed by atoms with E-state index in [1.807, 2.05) is 0 Å². The number of aliphatic hydroxyl groups excluding tert-OH is 2. The van der Waals surface area contributed by atoms with E-state index in [2.05, 4.69) is 27.7 Å². The Morgan fingerprint density at radius 2 is 1.68 bits per heavy atom. The molecule has 2 N–H and O–H groups in total. The number of fused-ring (bicyclic) bond motifs is 7. The number of rotatable bonds is 0. The van der Waals surface area contributed by atoms with Crippen LogP contribution in [-0.2, 0) is 9.47 Å². The predicted octanol–water partition coefficient (Wildman–Crippen LogP) is 4.76. The lowest BCUT2D eigenvalue weighted by Crippen LogP contribution is -2.59. The highest BCUT2D eigenvalue weighted by Gasteiger charge is 2.70. The van der Waals surface area contributed by atoms with Crippen LogP contribution >= 0.6 is 0 Å². The van der Waals surface area contributed by atoms with Gasteiger partial charge in [0, 0.05) is 12.3 Å². The molecule has 2 saturated heterocycles. The van der Waals surface area contributed by atoms with E-state index in [0.29, 0.717) is 47.5 Å². The zero-order chi connectivity index (χ0) is 21.8. The molecule has 0 aromatic rings. The molecule has 6 rings (SSSR count). The minimum absolute atomic E-state index is 0.130. The highest BCUT2D eigenvalue weighted by atomic mass is 16.7. The molecule has 1 spiro atoms. The molecule has 31 heavy (non-hydrogen) atoms. The molecule has 2 aliphatic heterocycles. The Bertz CT molecular complexity index is 716. The fourth-order valence-electron chi connectivity index (χ4n) is 10.4. The molecule has 4 aliphatic carbocycles. The summed E-state index contributed by atoms with van der Waals surface area (Å²) in [4.78, 5) is 0. The molecule has 0 aromatic heterocycles. The van der Waals surface area contributed by atoms with Gasteiger partial charge in [0.1, 0.15) is 0 Å². The summed E-state index contributed by atoms with van der Waals surface area (Å²) in [6.07, 6.45) is 9.63. The molecule has 4 unspecified atom stereocenters. The standard InChI is InChI=1S/C27H44O4/c1-15-7-10-27(30-14-15)16(2)23-22(31-27)12-20-19-6-5-17-11-18(28)8-9-25(17,3)24(19)21(29)13-26(20,23)4/h15-24,28-29H,5-14H2,1-4H3/t15?,16-,17?,18?,19-,20-,21?,22-,23-,24+,25-,26-,27+/m0/s1. The van der Waals surface area contributed by atoms with Crippen LogP contribution in [0.1, 0.15) is 85.5 Å². The normalized spacial score (nSPS) is 63.3. The van der Waals surface area contributed by atoms with Crippen molar-refractivity contribution in [1.82, 2.24) is 0 Å². The summed E-state index contributed by atoms with van der Waals surface area (Å²) < 4.78 is 13.3. The van der Waals surface area contributed by atoms with Gasteiger partial charge in [-0.2, -0.15) is 0 Å². The summed E-state index contributed by atoms with van der Waals surface area (Å²) in [5.74, 6) is 3.40. The largest absolute Gasteiger partial charge is 0.393 e.